The summed E-state index contributed by atoms with van der Waals surface area (Å²) in [5.41, 5.74) is 1.56. The largest absolute Gasteiger partial charge is 0.261 e. The molecule has 3 nitrogen and oxygen atoms in total. The molecule has 0 N–H and O–H groups in total. The Morgan fingerprint density at radius 1 is 1.29 bits per heavy atom. The maximum Gasteiger partial charge on any atom is 0.261 e. The molecule has 0 aromatic heterocycles. The molecule has 0 aliphatic rings. The van der Waals surface area contributed by atoms with Crippen LogP contribution in [0.5, 0.6) is 0 Å². The molecule has 0 heterocycles. The number of halogens is 1. The zero-order valence-electron chi connectivity index (χ0n) is 7.70. The Morgan fingerprint density at radius 2 is 1.86 bits per heavy atom. The highest BCUT2D eigenvalue weighted by Crippen LogP contribution is 2.22. The number of nitrogens with zero attached hydrogens (tertiary/aromatic N) is 1. The number of hydrogen-bond donors (Lipinski definition) is 0. The number of nitriles is 1. The Morgan fingerprint density at radius 3 is 2.29 bits per heavy atom. The second kappa shape index (κ2) is 3.60. The molecule has 5 heteroatoms. The third-order valence-electron chi connectivity index (χ3n) is 1.91. The Kier molecular flexibility index (Phi) is 2.84. The molecule has 0 saturated carbocycles. The third-order valence-corrected chi connectivity index (χ3v) is 3.37. The maximum atomic E-state index is 11.1. The first-order valence-corrected chi connectivity index (χ1v) is 6.13. The van der Waals surface area contributed by atoms with Gasteiger partial charge in [0.25, 0.3) is 9.05 Å². The predicted molar refractivity (Wildman–Crippen MR) is 53.7 cm³/mol. The van der Waals surface area contributed by atoms with Crippen molar-refractivity contribution in [2.24, 2.45) is 0 Å². The van der Waals surface area contributed by atoms with Gasteiger partial charge in [-0.25, -0.2) is 8.42 Å². The molecule has 0 saturated heterocycles. The Hall–Kier alpha value is -1.05. The van der Waals surface area contributed by atoms with Crippen molar-refractivity contribution in [1.29, 1.82) is 5.26 Å². The predicted octanol–water partition coefficient (Wildman–Crippen LogP) is 2.10. The Bertz CT molecular complexity index is 514. The normalized spacial score (nSPS) is 11.0. The molecule has 0 aliphatic heterocycles. The summed E-state index contributed by atoms with van der Waals surface area (Å²) in [4.78, 5) is 0.0654. The van der Waals surface area contributed by atoms with Crippen molar-refractivity contribution in [3.05, 3.63) is 28.8 Å². The Labute approximate surface area is 87.4 Å². The van der Waals surface area contributed by atoms with E-state index >= 15 is 0 Å². The monoisotopic (exact) mass is 229 g/mol. The second-order valence-corrected chi connectivity index (χ2v) is 5.52. The van der Waals surface area contributed by atoms with E-state index < -0.39 is 9.05 Å². The zero-order valence-corrected chi connectivity index (χ0v) is 9.28. The van der Waals surface area contributed by atoms with Crippen LogP contribution in [-0.2, 0) is 9.05 Å². The van der Waals surface area contributed by atoms with Gasteiger partial charge in [-0.15, -0.1) is 0 Å². The van der Waals surface area contributed by atoms with E-state index in [1.807, 2.05) is 6.07 Å². The number of aryl methyl sites for hydroxylation is 2. The molecule has 0 amide bonds. The van der Waals surface area contributed by atoms with Crippen molar-refractivity contribution in [2.45, 2.75) is 18.7 Å². The van der Waals surface area contributed by atoms with Crippen LogP contribution < -0.4 is 0 Å². The van der Waals surface area contributed by atoms with E-state index in [2.05, 4.69) is 0 Å². The van der Waals surface area contributed by atoms with Gasteiger partial charge in [0.2, 0.25) is 0 Å². The summed E-state index contributed by atoms with van der Waals surface area (Å²) in [6, 6.07) is 4.91. The summed E-state index contributed by atoms with van der Waals surface area (Å²) in [5, 5.41) is 8.70. The van der Waals surface area contributed by atoms with Gasteiger partial charge in [-0.05, 0) is 37.1 Å². The molecule has 1 rings (SSSR count). The van der Waals surface area contributed by atoms with Crippen LogP contribution in [0.3, 0.4) is 0 Å². The van der Waals surface area contributed by atoms with Gasteiger partial charge >= 0.3 is 0 Å². The molecular weight excluding hydrogens is 222 g/mol. The summed E-state index contributed by atoms with van der Waals surface area (Å²) in [7, 11) is 1.50. The maximum absolute atomic E-state index is 11.1. The van der Waals surface area contributed by atoms with E-state index in [9.17, 15) is 8.42 Å². The van der Waals surface area contributed by atoms with Crippen LogP contribution in [0, 0.1) is 25.2 Å². The standard InChI is InChI=1S/C9H8ClNO2S/c1-6-4-9(14(10,12)13)7(2)3-8(6)5-11/h3-4H,1-2H3. The molecule has 1 aromatic carbocycles. The summed E-state index contributed by atoms with van der Waals surface area (Å²) in [5.74, 6) is 0. The highest BCUT2D eigenvalue weighted by atomic mass is 35.7. The first kappa shape index (κ1) is 11.0. The zero-order chi connectivity index (χ0) is 10.9. The van der Waals surface area contributed by atoms with Gasteiger partial charge in [0.1, 0.15) is 0 Å². The summed E-state index contributed by atoms with van der Waals surface area (Å²) < 4.78 is 22.2. The van der Waals surface area contributed by atoms with Crippen molar-refractivity contribution < 1.29 is 8.42 Å². The van der Waals surface area contributed by atoms with Crippen LogP contribution >= 0.6 is 10.7 Å². The molecule has 0 radical (unpaired) electrons. The average Bonchev–Trinajstić information content (AvgIpc) is 2.06. The molecule has 0 unspecified atom stereocenters. The summed E-state index contributed by atoms with van der Waals surface area (Å²) in [6.07, 6.45) is 0. The highest BCUT2D eigenvalue weighted by Gasteiger charge is 2.15. The van der Waals surface area contributed by atoms with Crippen LogP contribution in [0.2, 0.25) is 0 Å². The molecule has 0 aliphatic carbocycles. The average molecular weight is 230 g/mol. The lowest BCUT2D eigenvalue weighted by molar-refractivity contribution is 0.609. The molecule has 1 aromatic rings. The van der Waals surface area contributed by atoms with E-state index in [0.29, 0.717) is 16.7 Å². The number of benzene rings is 1. The van der Waals surface area contributed by atoms with Crippen molar-refractivity contribution in [1.82, 2.24) is 0 Å². The van der Waals surface area contributed by atoms with Crippen LogP contribution in [0.4, 0.5) is 0 Å². The summed E-state index contributed by atoms with van der Waals surface area (Å²) >= 11 is 0. The van der Waals surface area contributed by atoms with Crippen LogP contribution in [0.15, 0.2) is 17.0 Å². The minimum Gasteiger partial charge on any atom is -0.207 e. The van der Waals surface area contributed by atoms with E-state index in [1.54, 1.807) is 13.8 Å². The van der Waals surface area contributed by atoms with Gasteiger partial charge < -0.3 is 0 Å². The number of rotatable bonds is 1. The van der Waals surface area contributed by atoms with Gasteiger partial charge in [-0.2, -0.15) is 5.26 Å². The van der Waals surface area contributed by atoms with Crippen LogP contribution in [0.1, 0.15) is 16.7 Å². The van der Waals surface area contributed by atoms with Gasteiger partial charge in [0.05, 0.1) is 16.5 Å². The Balaban J connectivity index is 3.54. The fraction of sp³-hybridized carbons (Fsp3) is 0.222. The fourth-order valence-electron chi connectivity index (χ4n) is 1.17. The molecule has 74 valence electrons. The summed E-state index contributed by atoms with van der Waals surface area (Å²) in [6.45, 7) is 3.28. The van der Waals surface area contributed by atoms with Gasteiger partial charge in [0, 0.05) is 10.7 Å². The fourth-order valence-corrected chi connectivity index (χ4v) is 2.43. The minimum absolute atomic E-state index is 0.0654. The highest BCUT2D eigenvalue weighted by molar-refractivity contribution is 8.13. The molecule has 14 heavy (non-hydrogen) atoms. The topological polar surface area (TPSA) is 57.9 Å². The minimum atomic E-state index is -3.72. The lowest BCUT2D eigenvalue weighted by Crippen LogP contribution is -1.97. The van der Waals surface area contributed by atoms with Crippen molar-refractivity contribution in [3.8, 4) is 6.07 Å². The quantitative estimate of drug-likeness (QED) is 0.693. The van der Waals surface area contributed by atoms with E-state index in [1.165, 1.54) is 12.1 Å². The molecule has 0 fully saturated rings. The van der Waals surface area contributed by atoms with Crippen LogP contribution in [0.25, 0.3) is 0 Å². The molecular formula is C9H8ClNO2S. The first-order valence-electron chi connectivity index (χ1n) is 3.82. The molecule has 0 spiro atoms. The van der Waals surface area contributed by atoms with Gasteiger partial charge in [-0.3, -0.25) is 0 Å². The molecule has 0 bridgehead atoms. The second-order valence-electron chi connectivity index (χ2n) is 2.98. The van der Waals surface area contributed by atoms with Gasteiger partial charge in [0.15, 0.2) is 0 Å². The van der Waals surface area contributed by atoms with E-state index in [4.69, 9.17) is 15.9 Å². The first-order chi connectivity index (χ1) is 6.36. The van der Waals surface area contributed by atoms with Crippen molar-refractivity contribution in [2.75, 3.05) is 0 Å². The van der Waals surface area contributed by atoms with Crippen molar-refractivity contribution >= 4 is 19.7 Å². The van der Waals surface area contributed by atoms with E-state index in [-0.39, 0.29) is 4.90 Å². The number of hydrogen-bond acceptors (Lipinski definition) is 3. The SMILES string of the molecule is Cc1cc(S(=O)(=O)Cl)c(C)cc1C#N. The van der Waals surface area contributed by atoms with Gasteiger partial charge in [-0.1, -0.05) is 0 Å². The third kappa shape index (κ3) is 2.06. The van der Waals surface area contributed by atoms with E-state index in [0.717, 1.165) is 0 Å². The lowest BCUT2D eigenvalue weighted by atomic mass is 10.1. The smallest absolute Gasteiger partial charge is 0.207 e. The lowest BCUT2D eigenvalue weighted by Gasteiger charge is -2.04. The molecule has 0 atom stereocenters. The van der Waals surface area contributed by atoms with Crippen LogP contribution in [-0.4, -0.2) is 8.42 Å². The van der Waals surface area contributed by atoms with Crippen molar-refractivity contribution in [3.63, 3.8) is 0 Å².